The van der Waals surface area contributed by atoms with Crippen LogP contribution in [-0.2, 0) is 4.79 Å². The standard InChI is InChI=1S/C26H28ClN5O3/c27-17-3-5-19(28-15-17)29-25(34)23-22(31-24(33)16-7-9-26(10-8-16)11-12-26)21-18(35-23)4-6-20(30-21)32-13-1-2-14-32/h3-6,15-16H,1-2,7-14H2,(H,31,33)(H,28,29,34). The van der Waals surface area contributed by atoms with Crippen molar-refractivity contribution in [3.63, 3.8) is 0 Å². The van der Waals surface area contributed by atoms with E-state index in [1.54, 1.807) is 12.1 Å². The first kappa shape index (κ1) is 22.3. The number of pyridine rings is 2. The van der Waals surface area contributed by atoms with Gasteiger partial charge in [0.25, 0.3) is 5.91 Å². The molecule has 2 amide bonds. The van der Waals surface area contributed by atoms with Crippen molar-refractivity contribution in [2.45, 2.75) is 51.4 Å². The summed E-state index contributed by atoms with van der Waals surface area (Å²) in [5.74, 6) is 0.537. The fourth-order valence-corrected chi connectivity index (χ4v) is 5.49. The monoisotopic (exact) mass is 493 g/mol. The quantitative estimate of drug-likeness (QED) is 0.477. The Hall–Kier alpha value is -3.13. The average Bonchev–Trinajstić information content (AvgIpc) is 3.26. The number of hydrogen-bond acceptors (Lipinski definition) is 6. The number of nitrogens with zero attached hydrogens (tertiary/aromatic N) is 3. The summed E-state index contributed by atoms with van der Waals surface area (Å²) in [5.41, 5.74) is 1.77. The third kappa shape index (κ3) is 4.47. The van der Waals surface area contributed by atoms with Gasteiger partial charge in [-0.2, -0.15) is 0 Å². The van der Waals surface area contributed by atoms with E-state index < -0.39 is 5.91 Å². The molecule has 1 aliphatic heterocycles. The van der Waals surface area contributed by atoms with Gasteiger partial charge in [-0.25, -0.2) is 9.97 Å². The maximum absolute atomic E-state index is 13.3. The Balaban J connectivity index is 1.31. The van der Waals surface area contributed by atoms with Crippen LogP contribution in [0.25, 0.3) is 11.1 Å². The maximum atomic E-state index is 13.3. The van der Waals surface area contributed by atoms with E-state index in [2.05, 4.69) is 20.5 Å². The second-order valence-electron chi connectivity index (χ2n) is 10.1. The highest BCUT2D eigenvalue weighted by atomic mass is 35.5. The van der Waals surface area contributed by atoms with Gasteiger partial charge in [0.2, 0.25) is 11.7 Å². The third-order valence-electron chi connectivity index (χ3n) is 7.75. The molecule has 35 heavy (non-hydrogen) atoms. The van der Waals surface area contributed by atoms with Crippen LogP contribution in [0.15, 0.2) is 34.9 Å². The average molecular weight is 494 g/mol. The van der Waals surface area contributed by atoms with Crippen molar-refractivity contribution < 1.29 is 14.0 Å². The molecule has 9 heteroatoms. The zero-order valence-electron chi connectivity index (χ0n) is 19.5. The van der Waals surface area contributed by atoms with Gasteiger partial charge in [-0.05, 0) is 81.0 Å². The maximum Gasteiger partial charge on any atom is 0.294 e. The van der Waals surface area contributed by atoms with Crippen LogP contribution in [0, 0.1) is 11.3 Å². The van der Waals surface area contributed by atoms with E-state index in [0.29, 0.717) is 33.0 Å². The smallest absolute Gasteiger partial charge is 0.294 e. The summed E-state index contributed by atoms with van der Waals surface area (Å²) in [6.07, 6.45) is 10.3. The van der Waals surface area contributed by atoms with Crippen LogP contribution >= 0.6 is 11.6 Å². The third-order valence-corrected chi connectivity index (χ3v) is 7.97. The lowest BCUT2D eigenvalue weighted by molar-refractivity contribution is -0.121. The normalized spacial score (nSPS) is 19.3. The molecule has 0 atom stereocenters. The summed E-state index contributed by atoms with van der Waals surface area (Å²) in [6.45, 7) is 1.88. The number of rotatable bonds is 5. The summed E-state index contributed by atoms with van der Waals surface area (Å²) in [6, 6.07) is 6.98. The van der Waals surface area contributed by atoms with Gasteiger partial charge in [-0.3, -0.25) is 9.59 Å². The number of furan rings is 1. The van der Waals surface area contributed by atoms with Crippen LogP contribution in [-0.4, -0.2) is 34.9 Å². The van der Waals surface area contributed by atoms with E-state index in [4.69, 9.17) is 21.0 Å². The van der Waals surface area contributed by atoms with E-state index in [9.17, 15) is 9.59 Å². The molecular formula is C26H28ClN5O3. The highest BCUT2D eigenvalue weighted by molar-refractivity contribution is 6.30. The first-order chi connectivity index (χ1) is 17.0. The van der Waals surface area contributed by atoms with Crippen molar-refractivity contribution in [1.29, 1.82) is 0 Å². The number of nitrogens with one attached hydrogen (secondary N) is 2. The first-order valence-electron chi connectivity index (χ1n) is 12.4. The highest BCUT2D eigenvalue weighted by Gasteiger charge is 2.46. The number of aromatic nitrogens is 2. The summed E-state index contributed by atoms with van der Waals surface area (Å²) in [7, 11) is 0. The van der Waals surface area contributed by atoms with Crippen molar-refractivity contribution in [3.05, 3.63) is 41.2 Å². The lowest BCUT2D eigenvalue weighted by atomic mass is 9.79. The fraction of sp³-hybridized carbons (Fsp3) is 0.462. The molecule has 3 aromatic heterocycles. The van der Waals surface area contributed by atoms with Gasteiger partial charge in [-0.1, -0.05) is 11.6 Å². The van der Waals surface area contributed by atoms with Crippen molar-refractivity contribution in [2.24, 2.45) is 11.3 Å². The van der Waals surface area contributed by atoms with Crippen LogP contribution in [0.2, 0.25) is 5.02 Å². The zero-order chi connectivity index (χ0) is 24.0. The van der Waals surface area contributed by atoms with E-state index in [0.717, 1.165) is 57.4 Å². The number of fused-ring (bicyclic) bond motifs is 1. The summed E-state index contributed by atoms with van der Waals surface area (Å²) in [4.78, 5) is 37.7. The molecular weight excluding hydrogens is 466 g/mol. The predicted molar refractivity (Wildman–Crippen MR) is 135 cm³/mol. The summed E-state index contributed by atoms with van der Waals surface area (Å²) < 4.78 is 5.94. The molecule has 0 aromatic carbocycles. The molecule has 182 valence electrons. The van der Waals surface area contributed by atoms with Gasteiger partial charge < -0.3 is 20.0 Å². The van der Waals surface area contributed by atoms with Crippen molar-refractivity contribution in [2.75, 3.05) is 28.6 Å². The number of carbonyl (C=O) groups excluding carboxylic acids is 2. The minimum atomic E-state index is -0.503. The lowest BCUT2D eigenvalue weighted by Gasteiger charge is -2.27. The zero-order valence-corrected chi connectivity index (χ0v) is 20.2. The molecule has 2 saturated carbocycles. The molecule has 3 fully saturated rings. The molecule has 1 spiro atoms. The van der Waals surface area contributed by atoms with E-state index in [1.165, 1.54) is 19.0 Å². The molecule has 6 rings (SSSR count). The number of hydrogen-bond donors (Lipinski definition) is 2. The Morgan fingerprint density at radius 3 is 2.49 bits per heavy atom. The lowest BCUT2D eigenvalue weighted by Crippen LogP contribution is -2.28. The van der Waals surface area contributed by atoms with Gasteiger partial charge in [0.15, 0.2) is 5.58 Å². The number of carbonyl (C=O) groups is 2. The van der Waals surface area contributed by atoms with Crippen LogP contribution in [0.1, 0.15) is 61.9 Å². The Labute approximate surface area is 208 Å². The van der Waals surface area contributed by atoms with Crippen LogP contribution in [0.5, 0.6) is 0 Å². The molecule has 0 radical (unpaired) electrons. The first-order valence-corrected chi connectivity index (χ1v) is 12.8. The SMILES string of the molecule is O=C(Nc1ccc(Cl)cn1)c1oc2ccc(N3CCCC3)nc2c1NC(=O)C1CCC2(CC1)CC2. The molecule has 2 N–H and O–H groups in total. The van der Waals surface area contributed by atoms with Crippen molar-refractivity contribution in [1.82, 2.24) is 9.97 Å². The summed E-state index contributed by atoms with van der Waals surface area (Å²) in [5, 5.41) is 6.24. The Morgan fingerprint density at radius 2 is 1.80 bits per heavy atom. The molecule has 3 aliphatic rings. The van der Waals surface area contributed by atoms with Gasteiger partial charge in [0.1, 0.15) is 22.8 Å². The minimum absolute atomic E-state index is 0.0191. The number of anilines is 3. The van der Waals surface area contributed by atoms with E-state index in [-0.39, 0.29) is 17.6 Å². The molecule has 2 aliphatic carbocycles. The Kier molecular flexibility index (Phi) is 5.63. The van der Waals surface area contributed by atoms with Gasteiger partial charge in [-0.15, -0.1) is 0 Å². The molecule has 0 bridgehead atoms. The fourth-order valence-electron chi connectivity index (χ4n) is 5.38. The number of amides is 2. The Bertz CT molecular complexity index is 1270. The second kappa shape index (κ2) is 8.82. The molecule has 1 saturated heterocycles. The molecule has 0 unspecified atom stereocenters. The van der Waals surface area contributed by atoms with Gasteiger partial charge in [0.05, 0.1) is 5.02 Å². The molecule has 8 nitrogen and oxygen atoms in total. The Morgan fingerprint density at radius 1 is 1.03 bits per heavy atom. The van der Waals surface area contributed by atoms with E-state index in [1.807, 2.05) is 12.1 Å². The van der Waals surface area contributed by atoms with E-state index >= 15 is 0 Å². The second-order valence-corrected chi connectivity index (χ2v) is 10.5. The van der Waals surface area contributed by atoms with Crippen LogP contribution < -0.4 is 15.5 Å². The van der Waals surface area contributed by atoms with Crippen LogP contribution in [0.4, 0.5) is 17.3 Å². The minimum Gasteiger partial charge on any atom is -0.447 e. The summed E-state index contributed by atoms with van der Waals surface area (Å²) >= 11 is 5.91. The largest absolute Gasteiger partial charge is 0.447 e. The van der Waals surface area contributed by atoms with Crippen molar-refractivity contribution in [3.8, 4) is 0 Å². The predicted octanol–water partition coefficient (Wildman–Crippen LogP) is 5.64. The molecule has 3 aromatic rings. The van der Waals surface area contributed by atoms with Gasteiger partial charge >= 0.3 is 0 Å². The van der Waals surface area contributed by atoms with Crippen LogP contribution in [0.3, 0.4) is 0 Å². The van der Waals surface area contributed by atoms with Gasteiger partial charge in [0, 0.05) is 25.2 Å². The van der Waals surface area contributed by atoms with Crippen molar-refractivity contribution >= 4 is 51.8 Å². The highest BCUT2D eigenvalue weighted by Crippen LogP contribution is 2.57. The number of halogens is 1. The topological polar surface area (TPSA) is 100 Å². The molecule has 4 heterocycles.